The van der Waals surface area contributed by atoms with Gasteiger partial charge in [0.25, 0.3) is 17.5 Å². The first-order chi connectivity index (χ1) is 13.8. The summed E-state index contributed by atoms with van der Waals surface area (Å²) in [6, 6.07) is 11.3. The lowest BCUT2D eigenvalue weighted by Gasteiger charge is -2.17. The predicted octanol–water partition coefficient (Wildman–Crippen LogP) is 1.39. The van der Waals surface area contributed by atoms with E-state index in [2.05, 4.69) is 10.6 Å². The van der Waals surface area contributed by atoms with Crippen LogP contribution in [0.3, 0.4) is 0 Å². The standard InChI is InChI=1S/C20H24N4O5/c1-4-23(12-19(25)21-15-6-9-17(29-3)10-7-15)13-20(26)22-18-11-16(24(27)28)8-5-14(18)2/h5-11H,4,12-13H2,1-3H3,(H,21,25)(H,22,26)/p+1. The zero-order valence-electron chi connectivity index (χ0n) is 16.7. The van der Waals surface area contributed by atoms with Gasteiger partial charge in [-0.3, -0.25) is 19.7 Å². The third-order valence-corrected chi connectivity index (χ3v) is 4.40. The number of aryl methyl sites for hydroxylation is 1. The summed E-state index contributed by atoms with van der Waals surface area (Å²) >= 11 is 0. The summed E-state index contributed by atoms with van der Waals surface area (Å²) in [5.41, 5.74) is 1.66. The molecule has 0 saturated heterocycles. The number of quaternary nitrogens is 1. The van der Waals surface area contributed by atoms with E-state index in [9.17, 15) is 19.7 Å². The van der Waals surface area contributed by atoms with Crippen LogP contribution in [0.5, 0.6) is 5.75 Å². The molecule has 1 atom stereocenters. The van der Waals surface area contributed by atoms with Crippen molar-refractivity contribution in [3.8, 4) is 5.75 Å². The summed E-state index contributed by atoms with van der Waals surface area (Å²) in [4.78, 5) is 35.8. The van der Waals surface area contributed by atoms with Crippen molar-refractivity contribution in [2.75, 3.05) is 37.4 Å². The number of nitrogens with one attached hydrogen (secondary N) is 3. The SMILES string of the molecule is CC[NH+](CC(=O)Nc1ccc(OC)cc1)CC(=O)Nc1cc([N+](=O)[O-])ccc1C. The zero-order valence-corrected chi connectivity index (χ0v) is 16.7. The largest absolute Gasteiger partial charge is 0.497 e. The number of anilines is 2. The molecule has 0 fully saturated rings. The normalized spacial score (nSPS) is 11.4. The number of non-ortho nitro benzene ring substituents is 1. The number of benzene rings is 2. The Bertz CT molecular complexity index is 883. The fourth-order valence-electron chi connectivity index (χ4n) is 2.70. The summed E-state index contributed by atoms with van der Waals surface area (Å²) < 4.78 is 5.08. The monoisotopic (exact) mass is 401 g/mol. The Morgan fingerprint density at radius 1 is 1.07 bits per heavy atom. The van der Waals surface area contributed by atoms with Gasteiger partial charge in [0.15, 0.2) is 13.1 Å². The second kappa shape index (κ2) is 10.2. The molecule has 0 aromatic heterocycles. The Balaban J connectivity index is 1.93. The molecule has 1 unspecified atom stereocenters. The molecule has 9 nitrogen and oxygen atoms in total. The quantitative estimate of drug-likeness (QED) is 0.434. The van der Waals surface area contributed by atoms with Gasteiger partial charge in [0.1, 0.15) is 5.75 Å². The lowest BCUT2D eigenvalue weighted by Crippen LogP contribution is -3.13. The molecule has 0 radical (unpaired) electrons. The number of carbonyl (C=O) groups excluding carboxylic acids is 2. The third kappa shape index (κ3) is 6.58. The molecule has 154 valence electrons. The molecule has 0 heterocycles. The van der Waals surface area contributed by atoms with Crippen molar-refractivity contribution < 1.29 is 24.1 Å². The molecule has 29 heavy (non-hydrogen) atoms. The average Bonchev–Trinajstić information content (AvgIpc) is 2.69. The predicted molar refractivity (Wildman–Crippen MR) is 109 cm³/mol. The van der Waals surface area contributed by atoms with Gasteiger partial charge < -0.3 is 20.3 Å². The van der Waals surface area contributed by atoms with E-state index in [1.165, 1.54) is 12.1 Å². The molecule has 2 aromatic rings. The third-order valence-electron chi connectivity index (χ3n) is 4.40. The van der Waals surface area contributed by atoms with E-state index in [0.717, 1.165) is 10.5 Å². The van der Waals surface area contributed by atoms with E-state index in [0.29, 0.717) is 23.7 Å². The number of hydrogen-bond acceptors (Lipinski definition) is 5. The van der Waals surface area contributed by atoms with E-state index in [1.807, 2.05) is 6.92 Å². The van der Waals surface area contributed by atoms with Crippen molar-refractivity contribution in [1.82, 2.24) is 0 Å². The van der Waals surface area contributed by atoms with Gasteiger partial charge in [-0.1, -0.05) is 6.07 Å². The molecule has 2 amide bonds. The molecule has 0 spiro atoms. The molecule has 0 saturated carbocycles. The summed E-state index contributed by atoms with van der Waals surface area (Å²) in [6.07, 6.45) is 0. The van der Waals surface area contributed by atoms with Crippen molar-refractivity contribution in [3.05, 3.63) is 58.1 Å². The van der Waals surface area contributed by atoms with Crippen molar-refractivity contribution in [2.24, 2.45) is 0 Å². The minimum atomic E-state index is -0.512. The highest BCUT2D eigenvalue weighted by molar-refractivity contribution is 5.93. The molecule has 0 bridgehead atoms. The van der Waals surface area contributed by atoms with E-state index in [-0.39, 0.29) is 30.6 Å². The minimum absolute atomic E-state index is 0.0642. The smallest absolute Gasteiger partial charge is 0.279 e. The molecule has 2 rings (SSSR count). The van der Waals surface area contributed by atoms with Crippen LogP contribution >= 0.6 is 0 Å². The molecule has 0 aliphatic carbocycles. The van der Waals surface area contributed by atoms with Crippen molar-refractivity contribution in [2.45, 2.75) is 13.8 Å². The first-order valence-corrected chi connectivity index (χ1v) is 9.14. The Kier molecular flexibility index (Phi) is 7.67. The molecule has 0 aliphatic rings. The first-order valence-electron chi connectivity index (χ1n) is 9.14. The lowest BCUT2D eigenvalue weighted by atomic mass is 10.2. The Morgan fingerprint density at radius 2 is 1.69 bits per heavy atom. The van der Waals surface area contributed by atoms with E-state index >= 15 is 0 Å². The highest BCUT2D eigenvalue weighted by atomic mass is 16.6. The van der Waals surface area contributed by atoms with Gasteiger partial charge >= 0.3 is 0 Å². The van der Waals surface area contributed by atoms with E-state index < -0.39 is 4.92 Å². The van der Waals surface area contributed by atoms with Crippen LogP contribution in [0.15, 0.2) is 42.5 Å². The molecule has 9 heteroatoms. The first kappa shape index (κ1) is 21.8. The number of hydrogen-bond donors (Lipinski definition) is 3. The maximum Gasteiger partial charge on any atom is 0.279 e. The summed E-state index contributed by atoms with van der Waals surface area (Å²) in [6.45, 7) is 4.38. The van der Waals surface area contributed by atoms with Crippen molar-refractivity contribution >= 4 is 28.9 Å². The van der Waals surface area contributed by atoms with Gasteiger partial charge in [-0.15, -0.1) is 0 Å². The molecule has 2 aromatic carbocycles. The molecular weight excluding hydrogens is 376 g/mol. The second-order valence-electron chi connectivity index (χ2n) is 6.54. The van der Waals surface area contributed by atoms with Gasteiger partial charge in [0.05, 0.1) is 24.3 Å². The van der Waals surface area contributed by atoms with Crippen LogP contribution in [0.2, 0.25) is 0 Å². The number of nitro groups is 1. The van der Waals surface area contributed by atoms with Crippen LogP contribution in [-0.4, -0.2) is 43.5 Å². The second-order valence-corrected chi connectivity index (χ2v) is 6.54. The lowest BCUT2D eigenvalue weighted by molar-refractivity contribution is -0.881. The minimum Gasteiger partial charge on any atom is -0.497 e. The van der Waals surface area contributed by atoms with Crippen LogP contribution in [0.1, 0.15) is 12.5 Å². The Hall–Kier alpha value is -3.46. The summed E-state index contributed by atoms with van der Waals surface area (Å²) in [5, 5.41) is 16.4. The number of nitrogens with zero attached hydrogens (tertiary/aromatic N) is 1. The molecule has 0 aliphatic heterocycles. The number of rotatable bonds is 9. The van der Waals surface area contributed by atoms with Crippen molar-refractivity contribution in [1.29, 1.82) is 0 Å². The Morgan fingerprint density at radius 3 is 2.24 bits per heavy atom. The Labute approximate surface area is 168 Å². The van der Waals surface area contributed by atoms with Crippen molar-refractivity contribution in [3.63, 3.8) is 0 Å². The highest BCUT2D eigenvalue weighted by Crippen LogP contribution is 2.21. The number of amides is 2. The average molecular weight is 401 g/mol. The maximum atomic E-state index is 12.4. The van der Waals surface area contributed by atoms with Crippen LogP contribution < -0.4 is 20.3 Å². The zero-order chi connectivity index (χ0) is 21.4. The molecule has 3 N–H and O–H groups in total. The van der Waals surface area contributed by atoms with Crippen LogP contribution in [0, 0.1) is 17.0 Å². The van der Waals surface area contributed by atoms with Crippen LogP contribution in [0.4, 0.5) is 17.1 Å². The number of ether oxygens (including phenoxy) is 1. The number of carbonyl (C=O) groups is 2. The van der Waals surface area contributed by atoms with Crippen LogP contribution in [0.25, 0.3) is 0 Å². The fourth-order valence-corrected chi connectivity index (χ4v) is 2.70. The van der Waals surface area contributed by atoms with Gasteiger partial charge in [-0.05, 0) is 43.7 Å². The van der Waals surface area contributed by atoms with Gasteiger partial charge in [-0.25, -0.2) is 0 Å². The van der Waals surface area contributed by atoms with Gasteiger partial charge in [-0.2, -0.15) is 0 Å². The summed E-state index contributed by atoms with van der Waals surface area (Å²) in [5.74, 6) is 0.158. The highest BCUT2D eigenvalue weighted by Gasteiger charge is 2.18. The fraction of sp³-hybridized carbons (Fsp3) is 0.300. The summed E-state index contributed by atoms with van der Waals surface area (Å²) in [7, 11) is 1.57. The van der Waals surface area contributed by atoms with Gasteiger partial charge in [0, 0.05) is 17.8 Å². The number of nitro benzene ring substituents is 1. The van der Waals surface area contributed by atoms with Gasteiger partial charge in [0.2, 0.25) is 0 Å². The van der Waals surface area contributed by atoms with E-state index in [1.54, 1.807) is 44.4 Å². The number of methoxy groups -OCH3 is 1. The maximum absolute atomic E-state index is 12.4. The number of likely N-dealkylation sites (N-methyl/N-ethyl adjacent to an activating group) is 1. The van der Waals surface area contributed by atoms with E-state index in [4.69, 9.17) is 4.74 Å². The molecular formula is C20H25N4O5+. The van der Waals surface area contributed by atoms with Crippen LogP contribution in [-0.2, 0) is 9.59 Å². The topological polar surface area (TPSA) is 115 Å².